The zero-order chi connectivity index (χ0) is 20.4. The molecule has 1 aromatic carbocycles. The Labute approximate surface area is 189 Å². The van der Waals surface area contributed by atoms with Crippen molar-refractivity contribution in [2.75, 3.05) is 31.7 Å². The summed E-state index contributed by atoms with van der Waals surface area (Å²) < 4.78 is 28.5. The topological polar surface area (TPSA) is 109 Å². The lowest BCUT2D eigenvalue weighted by molar-refractivity contribution is -0.121. The summed E-state index contributed by atoms with van der Waals surface area (Å²) in [4.78, 5) is 16.1. The third kappa shape index (κ3) is 9.03. The van der Waals surface area contributed by atoms with Crippen LogP contribution in [0.2, 0.25) is 0 Å². The third-order valence-corrected chi connectivity index (χ3v) is 6.01. The first kappa shape index (κ1) is 25.2. The normalized spacial score (nSPS) is 17.7. The van der Waals surface area contributed by atoms with Crippen molar-refractivity contribution in [2.24, 2.45) is 4.99 Å². The number of sulfone groups is 1. The number of rotatable bonds is 9. The van der Waals surface area contributed by atoms with E-state index in [4.69, 9.17) is 4.74 Å². The molecule has 1 heterocycles. The van der Waals surface area contributed by atoms with Crippen molar-refractivity contribution in [1.82, 2.24) is 16.0 Å². The molecule has 0 spiro atoms. The lowest BCUT2D eigenvalue weighted by Crippen LogP contribution is -2.41. The third-order valence-electron chi connectivity index (χ3n) is 4.24. The average Bonchev–Trinajstić information content (AvgIpc) is 3.01. The van der Waals surface area contributed by atoms with Gasteiger partial charge < -0.3 is 20.7 Å². The first-order valence-electron chi connectivity index (χ1n) is 9.19. The van der Waals surface area contributed by atoms with E-state index in [1.807, 2.05) is 24.3 Å². The zero-order valence-electron chi connectivity index (χ0n) is 16.5. The van der Waals surface area contributed by atoms with Crippen LogP contribution in [0.15, 0.2) is 41.9 Å². The Balaban J connectivity index is 0.00000420. The summed E-state index contributed by atoms with van der Waals surface area (Å²) in [5, 5.41) is 9.03. The van der Waals surface area contributed by atoms with Crippen LogP contribution in [0.4, 0.5) is 0 Å². The number of amides is 1. The second-order valence-corrected chi connectivity index (χ2v) is 8.71. The summed E-state index contributed by atoms with van der Waals surface area (Å²) in [6, 6.07) is 7.42. The molecule has 1 aliphatic rings. The first-order valence-corrected chi connectivity index (χ1v) is 11.0. The maximum absolute atomic E-state index is 12.0. The summed E-state index contributed by atoms with van der Waals surface area (Å²) in [5.74, 6) is 1.34. The fourth-order valence-corrected chi connectivity index (χ4v) is 4.52. The Bertz CT molecular complexity index is 814. The lowest BCUT2D eigenvalue weighted by atomic mass is 10.2. The van der Waals surface area contributed by atoms with Gasteiger partial charge in [0.1, 0.15) is 12.4 Å². The number of carbonyl (C=O) groups is 1. The molecule has 0 radical (unpaired) electrons. The van der Waals surface area contributed by atoms with E-state index in [0.29, 0.717) is 32.1 Å². The average molecular weight is 536 g/mol. The molecule has 1 aromatic rings. The molecule has 1 saturated heterocycles. The van der Waals surface area contributed by atoms with E-state index in [0.717, 1.165) is 11.3 Å². The predicted octanol–water partition coefficient (Wildman–Crippen LogP) is 1.23. The van der Waals surface area contributed by atoms with E-state index in [1.54, 1.807) is 13.1 Å². The molecule has 2 rings (SSSR count). The van der Waals surface area contributed by atoms with Crippen molar-refractivity contribution < 1.29 is 17.9 Å². The van der Waals surface area contributed by atoms with Crippen LogP contribution in [-0.4, -0.2) is 58.0 Å². The Kier molecular flexibility index (Phi) is 11.0. The van der Waals surface area contributed by atoms with Gasteiger partial charge in [-0.25, -0.2) is 8.42 Å². The number of nitrogens with one attached hydrogen (secondary N) is 3. The molecule has 1 unspecified atom stereocenters. The minimum atomic E-state index is -3.00. The van der Waals surface area contributed by atoms with Crippen molar-refractivity contribution in [3.8, 4) is 5.75 Å². The summed E-state index contributed by atoms with van der Waals surface area (Å²) in [6.45, 7) is 4.98. The highest BCUT2D eigenvalue weighted by atomic mass is 127. The number of hydrogen-bond donors (Lipinski definition) is 3. The molecule has 162 valence electrons. The number of halogens is 1. The molecule has 1 aliphatic heterocycles. The van der Waals surface area contributed by atoms with E-state index in [-0.39, 0.29) is 53.9 Å². The van der Waals surface area contributed by atoms with Crippen molar-refractivity contribution >= 4 is 45.7 Å². The maximum Gasteiger partial charge on any atom is 0.222 e. The second-order valence-electron chi connectivity index (χ2n) is 6.48. The second kappa shape index (κ2) is 12.7. The highest BCUT2D eigenvalue weighted by Crippen LogP contribution is 2.17. The minimum Gasteiger partial charge on any atom is -0.489 e. The van der Waals surface area contributed by atoms with Gasteiger partial charge in [0.15, 0.2) is 15.8 Å². The van der Waals surface area contributed by atoms with Crippen LogP contribution in [0.3, 0.4) is 0 Å². The molecule has 29 heavy (non-hydrogen) atoms. The van der Waals surface area contributed by atoms with Crippen molar-refractivity contribution in [3.05, 3.63) is 42.5 Å². The van der Waals surface area contributed by atoms with Gasteiger partial charge in [-0.05, 0) is 12.5 Å². The molecule has 10 heteroatoms. The summed E-state index contributed by atoms with van der Waals surface area (Å²) in [5.41, 5.74) is 0.979. The standard InChI is InChI=1S/C19H28N4O4S.HI/c1-3-11-27-17-7-5-4-6-15(17)13-22-19(20-2)21-10-8-18(24)23-16-9-12-28(25,26)14-16;/h3-7,16H,1,8-14H2,2H3,(H,23,24)(H2,20,21,22);1H. The van der Waals surface area contributed by atoms with Gasteiger partial charge in [-0.1, -0.05) is 30.9 Å². The van der Waals surface area contributed by atoms with Gasteiger partial charge in [0.25, 0.3) is 0 Å². The maximum atomic E-state index is 12.0. The number of nitrogens with zero attached hydrogens (tertiary/aromatic N) is 1. The van der Waals surface area contributed by atoms with E-state index in [2.05, 4.69) is 27.5 Å². The monoisotopic (exact) mass is 536 g/mol. The summed E-state index contributed by atoms with van der Waals surface area (Å²) in [6.07, 6.45) is 2.41. The van der Waals surface area contributed by atoms with Gasteiger partial charge in [0.2, 0.25) is 5.91 Å². The van der Waals surface area contributed by atoms with Crippen molar-refractivity contribution in [2.45, 2.75) is 25.4 Å². The summed E-state index contributed by atoms with van der Waals surface area (Å²) >= 11 is 0. The predicted molar refractivity (Wildman–Crippen MR) is 126 cm³/mol. The van der Waals surface area contributed by atoms with E-state index >= 15 is 0 Å². The Morgan fingerprint density at radius 1 is 1.34 bits per heavy atom. The van der Waals surface area contributed by atoms with Crippen molar-refractivity contribution in [1.29, 1.82) is 0 Å². The molecule has 0 aliphatic carbocycles. The van der Waals surface area contributed by atoms with Crippen LogP contribution < -0.4 is 20.7 Å². The number of benzene rings is 1. The Morgan fingerprint density at radius 3 is 2.76 bits per heavy atom. The Morgan fingerprint density at radius 2 is 2.10 bits per heavy atom. The molecule has 8 nitrogen and oxygen atoms in total. The van der Waals surface area contributed by atoms with Crippen molar-refractivity contribution in [3.63, 3.8) is 0 Å². The molecule has 1 atom stereocenters. The fraction of sp³-hybridized carbons (Fsp3) is 0.474. The van der Waals surface area contributed by atoms with Crippen LogP contribution in [0.25, 0.3) is 0 Å². The van der Waals surface area contributed by atoms with Crippen LogP contribution in [0, 0.1) is 0 Å². The highest BCUT2D eigenvalue weighted by Gasteiger charge is 2.28. The van der Waals surface area contributed by atoms with Gasteiger partial charge >= 0.3 is 0 Å². The first-order chi connectivity index (χ1) is 13.4. The SMILES string of the molecule is C=CCOc1ccccc1CNC(=NC)NCCC(=O)NC1CCS(=O)(=O)C1.I. The molecule has 0 aromatic heterocycles. The number of aliphatic imine (C=N–C) groups is 1. The van der Waals surface area contributed by atoms with Gasteiger partial charge in [-0.15, -0.1) is 24.0 Å². The Hall–Kier alpha value is -1.82. The number of ether oxygens (including phenoxy) is 1. The fourth-order valence-electron chi connectivity index (χ4n) is 2.84. The van der Waals surface area contributed by atoms with Gasteiger partial charge in [-0.3, -0.25) is 9.79 Å². The molecule has 0 saturated carbocycles. The smallest absolute Gasteiger partial charge is 0.222 e. The van der Waals surface area contributed by atoms with E-state index in [1.165, 1.54) is 0 Å². The molecular weight excluding hydrogens is 507 g/mol. The quantitative estimate of drug-likeness (QED) is 0.190. The van der Waals surface area contributed by atoms with Crippen LogP contribution in [0.1, 0.15) is 18.4 Å². The van der Waals surface area contributed by atoms with E-state index in [9.17, 15) is 13.2 Å². The van der Waals surface area contributed by atoms with Gasteiger partial charge in [0, 0.05) is 38.2 Å². The number of guanidine groups is 1. The largest absolute Gasteiger partial charge is 0.489 e. The van der Waals surface area contributed by atoms with Crippen LogP contribution >= 0.6 is 24.0 Å². The van der Waals surface area contributed by atoms with Gasteiger partial charge in [-0.2, -0.15) is 0 Å². The lowest BCUT2D eigenvalue weighted by Gasteiger charge is -2.15. The number of hydrogen-bond acceptors (Lipinski definition) is 5. The number of para-hydroxylation sites is 1. The highest BCUT2D eigenvalue weighted by molar-refractivity contribution is 14.0. The molecule has 3 N–H and O–H groups in total. The van der Waals surface area contributed by atoms with Crippen LogP contribution in [-0.2, 0) is 21.2 Å². The van der Waals surface area contributed by atoms with E-state index < -0.39 is 9.84 Å². The minimum absolute atomic E-state index is 0. The van der Waals surface area contributed by atoms with Gasteiger partial charge in [0.05, 0.1) is 11.5 Å². The summed E-state index contributed by atoms with van der Waals surface area (Å²) in [7, 11) is -1.35. The molecule has 1 amide bonds. The zero-order valence-corrected chi connectivity index (χ0v) is 19.7. The molecular formula is C19H29IN4O4S. The van der Waals surface area contributed by atoms with Crippen LogP contribution in [0.5, 0.6) is 5.75 Å². The molecule has 0 bridgehead atoms. The molecule has 1 fully saturated rings. The number of carbonyl (C=O) groups excluding carboxylic acids is 1.